The smallest absolute Gasteiger partial charge is 0.335 e. The first-order valence-corrected chi connectivity index (χ1v) is 14.4. The lowest BCUT2D eigenvalue weighted by molar-refractivity contribution is -0.143. The molecule has 1 fully saturated rings. The first-order chi connectivity index (χ1) is 19.8. The van der Waals surface area contributed by atoms with Crippen LogP contribution in [0.25, 0.3) is 6.08 Å². The lowest BCUT2D eigenvalue weighted by atomic mass is 9.79. The summed E-state index contributed by atoms with van der Waals surface area (Å²) in [6.45, 7) is 6.25. The summed E-state index contributed by atoms with van der Waals surface area (Å²) in [4.78, 5) is 23.5. The van der Waals surface area contributed by atoms with Crippen LogP contribution in [0.5, 0.6) is 0 Å². The van der Waals surface area contributed by atoms with Crippen LogP contribution in [0.4, 0.5) is 4.39 Å². The van der Waals surface area contributed by atoms with Crippen molar-refractivity contribution in [3.63, 3.8) is 0 Å². The number of rotatable bonds is 17. The Balaban J connectivity index is 1.62. The van der Waals surface area contributed by atoms with Crippen LogP contribution in [0.15, 0.2) is 48.1 Å². The highest BCUT2D eigenvalue weighted by Gasteiger charge is 2.31. The minimum atomic E-state index is -0.647. The van der Waals surface area contributed by atoms with Gasteiger partial charge in [0.05, 0.1) is 56.5 Å². The van der Waals surface area contributed by atoms with Crippen LogP contribution in [0.2, 0.25) is 0 Å². The standard InChI is InChI=1S/C32H43FO8/c1-22(20-34)31(36)40-13-11-38-29-17-28(18-30(19-29)39-12-14-41-32(37)23(2)21-35)27-9-8-25-15-24(5-3-4-10-33)6-7-26(25)16-27/h8-9,15-16,28-30,34-35H,1-7,10-14,17-21H2. The van der Waals surface area contributed by atoms with E-state index in [-0.39, 0.29) is 62.4 Å². The third-order valence-electron chi connectivity index (χ3n) is 7.51. The first-order valence-electron chi connectivity index (χ1n) is 14.4. The van der Waals surface area contributed by atoms with Crippen molar-refractivity contribution in [3.8, 4) is 0 Å². The normalized spacial score (nSPS) is 20.1. The van der Waals surface area contributed by atoms with Gasteiger partial charge in [-0.3, -0.25) is 4.39 Å². The number of aliphatic hydroxyl groups is 2. The summed E-state index contributed by atoms with van der Waals surface area (Å²) in [6, 6.07) is 6.60. The third-order valence-corrected chi connectivity index (χ3v) is 7.51. The van der Waals surface area contributed by atoms with Crippen molar-refractivity contribution in [1.82, 2.24) is 0 Å². The minimum absolute atomic E-state index is 0.00593. The van der Waals surface area contributed by atoms with Gasteiger partial charge in [0.25, 0.3) is 0 Å². The molecule has 0 aliphatic heterocycles. The number of carbonyl (C=O) groups excluding carboxylic acids is 2. The zero-order valence-electron chi connectivity index (χ0n) is 23.8. The summed E-state index contributed by atoms with van der Waals surface area (Å²) in [5.41, 5.74) is 5.12. The van der Waals surface area contributed by atoms with Crippen molar-refractivity contribution < 1.29 is 43.1 Å². The number of carbonyl (C=O) groups is 2. The van der Waals surface area contributed by atoms with Gasteiger partial charge in [0, 0.05) is 0 Å². The van der Waals surface area contributed by atoms with Gasteiger partial charge in [-0.2, -0.15) is 0 Å². The van der Waals surface area contributed by atoms with Gasteiger partial charge in [-0.05, 0) is 74.0 Å². The molecular formula is C32H43FO8. The van der Waals surface area contributed by atoms with Gasteiger partial charge in [-0.1, -0.05) is 43.0 Å². The molecule has 3 rings (SSSR count). The highest BCUT2D eigenvalue weighted by Crippen LogP contribution is 2.38. The van der Waals surface area contributed by atoms with Crippen LogP contribution in [0, 0.1) is 0 Å². The Kier molecular flexibility index (Phi) is 13.7. The lowest BCUT2D eigenvalue weighted by Gasteiger charge is -2.35. The van der Waals surface area contributed by atoms with Gasteiger partial charge in [-0.25, -0.2) is 9.59 Å². The quantitative estimate of drug-likeness (QED) is 0.160. The van der Waals surface area contributed by atoms with Crippen LogP contribution < -0.4 is 0 Å². The van der Waals surface area contributed by atoms with E-state index >= 15 is 0 Å². The Hall–Kier alpha value is -2.85. The number of fused-ring (bicyclic) bond motifs is 1. The maximum absolute atomic E-state index is 12.5. The largest absolute Gasteiger partial charge is 0.460 e. The number of unbranched alkanes of at least 4 members (excludes halogenated alkanes) is 1. The van der Waals surface area contributed by atoms with Gasteiger partial charge in [-0.15, -0.1) is 0 Å². The molecule has 2 unspecified atom stereocenters. The predicted octanol–water partition coefficient (Wildman–Crippen LogP) is 4.38. The summed E-state index contributed by atoms with van der Waals surface area (Å²) in [6.07, 6.45) is 8.58. The maximum atomic E-state index is 12.5. The third kappa shape index (κ3) is 10.5. The summed E-state index contributed by atoms with van der Waals surface area (Å²) in [7, 11) is 0. The molecule has 1 aromatic rings. The number of aryl methyl sites for hydroxylation is 1. The molecule has 2 atom stereocenters. The molecule has 0 radical (unpaired) electrons. The summed E-state index contributed by atoms with van der Waals surface area (Å²) in [5, 5.41) is 18.0. The van der Waals surface area contributed by atoms with E-state index in [0.717, 1.165) is 38.5 Å². The number of halogens is 1. The molecule has 0 spiro atoms. The highest BCUT2D eigenvalue weighted by molar-refractivity contribution is 5.88. The Labute approximate surface area is 241 Å². The van der Waals surface area contributed by atoms with E-state index in [9.17, 15) is 14.0 Å². The van der Waals surface area contributed by atoms with Gasteiger partial charge >= 0.3 is 11.9 Å². The molecule has 0 heterocycles. The van der Waals surface area contributed by atoms with Crippen molar-refractivity contribution in [2.24, 2.45) is 0 Å². The second-order valence-corrected chi connectivity index (χ2v) is 10.6. The Bertz CT molecular complexity index is 1040. The molecule has 2 aliphatic carbocycles. The average molecular weight is 575 g/mol. The number of alkyl halides is 1. The van der Waals surface area contributed by atoms with E-state index < -0.39 is 25.2 Å². The SMILES string of the molecule is C=C(CO)C(=O)OCCOC1CC(OCCOC(=O)C(=C)CO)CC(c2ccc3c(c2)CCC(CCCCF)=C3)C1. The second kappa shape index (κ2) is 17.2. The lowest BCUT2D eigenvalue weighted by Crippen LogP contribution is -2.34. The topological polar surface area (TPSA) is 112 Å². The summed E-state index contributed by atoms with van der Waals surface area (Å²) in [5.74, 6) is -1.11. The van der Waals surface area contributed by atoms with E-state index in [1.807, 2.05) is 0 Å². The molecule has 1 aromatic carbocycles. The number of ether oxygens (including phenoxy) is 4. The van der Waals surface area contributed by atoms with E-state index in [1.54, 1.807) is 0 Å². The predicted molar refractivity (Wildman–Crippen MR) is 153 cm³/mol. The second-order valence-electron chi connectivity index (χ2n) is 10.6. The van der Waals surface area contributed by atoms with Gasteiger partial charge < -0.3 is 29.2 Å². The molecule has 0 bridgehead atoms. The van der Waals surface area contributed by atoms with Gasteiger partial charge in [0.15, 0.2) is 0 Å². The minimum Gasteiger partial charge on any atom is -0.460 e. The first kappa shape index (κ1) is 32.7. The molecule has 0 saturated heterocycles. The number of hydrogen-bond acceptors (Lipinski definition) is 8. The van der Waals surface area contributed by atoms with Crippen molar-refractivity contribution in [3.05, 3.63) is 64.8 Å². The van der Waals surface area contributed by atoms with E-state index in [1.165, 1.54) is 22.3 Å². The average Bonchev–Trinajstić information content (AvgIpc) is 3.00. The van der Waals surface area contributed by atoms with Crippen LogP contribution in [-0.2, 0) is 35.0 Å². The van der Waals surface area contributed by atoms with Gasteiger partial charge in [0.1, 0.15) is 13.2 Å². The molecule has 0 amide bonds. The zero-order valence-corrected chi connectivity index (χ0v) is 23.8. The Morgan fingerprint density at radius 1 is 0.854 bits per heavy atom. The van der Waals surface area contributed by atoms with Crippen molar-refractivity contribution in [1.29, 1.82) is 0 Å². The van der Waals surface area contributed by atoms with Crippen LogP contribution >= 0.6 is 0 Å². The van der Waals surface area contributed by atoms with Crippen LogP contribution in [0.3, 0.4) is 0 Å². The summed E-state index contributed by atoms with van der Waals surface area (Å²) >= 11 is 0. The van der Waals surface area contributed by atoms with E-state index in [2.05, 4.69) is 37.4 Å². The van der Waals surface area contributed by atoms with E-state index in [0.29, 0.717) is 12.8 Å². The van der Waals surface area contributed by atoms with Crippen LogP contribution in [-0.4, -0.2) is 80.7 Å². The molecule has 41 heavy (non-hydrogen) atoms. The van der Waals surface area contributed by atoms with Crippen molar-refractivity contribution in [2.45, 2.75) is 69.5 Å². The fraction of sp³-hybridized carbons (Fsp3) is 0.562. The van der Waals surface area contributed by atoms with Crippen molar-refractivity contribution >= 4 is 18.0 Å². The van der Waals surface area contributed by atoms with Crippen LogP contribution in [0.1, 0.15) is 67.6 Å². The number of aliphatic hydroxyl groups excluding tert-OH is 2. The number of esters is 2. The molecule has 0 aromatic heterocycles. The fourth-order valence-corrected chi connectivity index (χ4v) is 5.26. The Morgan fingerprint density at radius 3 is 2.02 bits per heavy atom. The highest BCUT2D eigenvalue weighted by atomic mass is 19.1. The molecule has 9 heteroatoms. The molecule has 8 nitrogen and oxygen atoms in total. The molecule has 1 saturated carbocycles. The van der Waals surface area contributed by atoms with Gasteiger partial charge in [0.2, 0.25) is 0 Å². The zero-order chi connectivity index (χ0) is 29.6. The van der Waals surface area contributed by atoms with E-state index in [4.69, 9.17) is 29.2 Å². The number of hydrogen-bond donors (Lipinski definition) is 2. The monoisotopic (exact) mass is 574 g/mol. The van der Waals surface area contributed by atoms with Crippen molar-refractivity contribution in [2.75, 3.05) is 46.3 Å². The number of allylic oxidation sites excluding steroid dienone is 1. The molecular weight excluding hydrogens is 531 g/mol. The Morgan fingerprint density at radius 2 is 1.46 bits per heavy atom. The maximum Gasteiger partial charge on any atom is 0.335 e. The summed E-state index contributed by atoms with van der Waals surface area (Å²) < 4.78 is 34.9. The molecule has 226 valence electrons. The number of benzene rings is 1. The fourth-order valence-electron chi connectivity index (χ4n) is 5.26. The molecule has 2 N–H and O–H groups in total. The molecule has 2 aliphatic rings.